The fraction of sp³-hybridized carbons (Fsp3) is 0.562. The van der Waals surface area contributed by atoms with Gasteiger partial charge in [-0.1, -0.05) is 13.0 Å². The highest BCUT2D eigenvalue weighted by molar-refractivity contribution is 5.93. The molecule has 1 N–H and O–H groups in total. The van der Waals surface area contributed by atoms with E-state index >= 15 is 0 Å². The third-order valence-corrected chi connectivity index (χ3v) is 4.50. The fourth-order valence-corrected chi connectivity index (χ4v) is 3.43. The lowest BCUT2D eigenvalue weighted by molar-refractivity contribution is -0.120. The number of likely N-dealkylation sites (tertiary alicyclic amines) is 1. The summed E-state index contributed by atoms with van der Waals surface area (Å²) in [6, 6.07) is 6.37. The Morgan fingerprint density at radius 2 is 2.05 bits per heavy atom. The van der Waals surface area contributed by atoms with E-state index in [0.29, 0.717) is 5.92 Å². The zero-order valence-electron chi connectivity index (χ0n) is 11.8. The van der Waals surface area contributed by atoms with E-state index in [1.165, 1.54) is 24.0 Å². The summed E-state index contributed by atoms with van der Waals surface area (Å²) in [6.45, 7) is 4.05. The smallest absolute Gasteiger partial charge is 0.229 e. The normalized spacial score (nSPS) is 26.4. The molecule has 19 heavy (non-hydrogen) atoms. The molecule has 3 rings (SSSR count). The van der Waals surface area contributed by atoms with Gasteiger partial charge in [-0.15, -0.1) is 0 Å². The highest BCUT2D eigenvalue weighted by atomic mass is 16.2. The first-order chi connectivity index (χ1) is 9.13. The van der Waals surface area contributed by atoms with Crippen molar-refractivity contribution in [2.24, 2.45) is 11.8 Å². The minimum atomic E-state index is 0.123. The van der Waals surface area contributed by atoms with Crippen molar-refractivity contribution < 1.29 is 4.79 Å². The molecule has 0 spiro atoms. The van der Waals surface area contributed by atoms with Crippen LogP contribution in [-0.4, -0.2) is 30.9 Å². The van der Waals surface area contributed by atoms with E-state index in [9.17, 15) is 4.79 Å². The van der Waals surface area contributed by atoms with Crippen molar-refractivity contribution in [1.82, 2.24) is 4.90 Å². The highest BCUT2D eigenvalue weighted by Gasteiger charge is 2.32. The summed E-state index contributed by atoms with van der Waals surface area (Å²) in [5.74, 6) is 0.743. The van der Waals surface area contributed by atoms with Crippen LogP contribution in [0.4, 0.5) is 5.69 Å². The Balaban J connectivity index is 1.69. The number of carbonyl (C=O) groups excluding carboxylic acids is 1. The van der Waals surface area contributed by atoms with Gasteiger partial charge in [0.05, 0.1) is 5.92 Å². The van der Waals surface area contributed by atoms with E-state index < -0.39 is 0 Å². The summed E-state index contributed by atoms with van der Waals surface area (Å²) in [5.41, 5.74) is 3.83. The van der Waals surface area contributed by atoms with Crippen molar-refractivity contribution in [3.63, 3.8) is 0 Å². The van der Waals surface area contributed by atoms with Gasteiger partial charge in [0.2, 0.25) is 5.91 Å². The molecule has 1 heterocycles. The van der Waals surface area contributed by atoms with Crippen molar-refractivity contribution in [2.75, 3.05) is 25.5 Å². The quantitative estimate of drug-likeness (QED) is 0.883. The second-order valence-electron chi connectivity index (χ2n) is 6.13. The molecule has 0 radical (unpaired) electrons. The molecule has 1 aliphatic carbocycles. The maximum Gasteiger partial charge on any atom is 0.229 e. The average molecular weight is 258 g/mol. The molecule has 3 heteroatoms. The Kier molecular flexibility index (Phi) is 3.31. The Labute approximate surface area is 115 Å². The Morgan fingerprint density at radius 1 is 1.26 bits per heavy atom. The molecule has 102 valence electrons. The van der Waals surface area contributed by atoms with Gasteiger partial charge in [0.25, 0.3) is 0 Å². The zero-order valence-corrected chi connectivity index (χ0v) is 11.8. The summed E-state index contributed by atoms with van der Waals surface area (Å²) in [6.07, 6.45) is 3.59. The second kappa shape index (κ2) is 4.97. The summed E-state index contributed by atoms with van der Waals surface area (Å²) in [7, 11) is 2.08. The van der Waals surface area contributed by atoms with Crippen molar-refractivity contribution in [3.05, 3.63) is 29.3 Å². The number of amides is 1. The van der Waals surface area contributed by atoms with Gasteiger partial charge < -0.3 is 10.2 Å². The molecule has 2 atom stereocenters. The number of hydrogen-bond donors (Lipinski definition) is 1. The van der Waals surface area contributed by atoms with E-state index in [4.69, 9.17) is 0 Å². The lowest BCUT2D eigenvalue weighted by Gasteiger charge is -2.15. The van der Waals surface area contributed by atoms with Crippen molar-refractivity contribution in [1.29, 1.82) is 0 Å². The lowest BCUT2D eigenvalue weighted by Crippen LogP contribution is -2.28. The molecule has 1 amide bonds. The molecule has 3 nitrogen and oxygen atoms in total. The van der Waals surface area contributed by atoms with Gasteiger partial charge in [0.1, 0.15) is 0 Å². The molecule has 1 fully saturated rings. The topological polar surface area (TPSA) is 32.3 Å². The molecule has 0 bridgehead atoms. The van der Waals surface area contributed by atoms with Crippen LogP contribution in [0.5, 0.6) is 0 Å². The van der Waals surface area contributed by atoms with Crippen molar-refractivity contribution in [2.45, 2.75) is 26.2 Å². The first kappa shape index (κ1) is 12.7. The van der Waals surface area contributed by atoms with Gasteiger partial charge >= 0.3 is 0 Å². The third kappa shape index (κ3) is 2.52. The van der Waals surface area contributed by atoms with E-state index in [1.807, 2.05) is 6.07 Å². The lowest BCUT2D eigenvalue weighted by atomic mass is 9.97. The highest BCUT2D eigenvalue weighted by Crippen LogP contribution is 2.27. The van der Waals surface area contributed by atoms with Crippen LogP contribution in [0, 0.1) is 11.8 Å². The van der Waals surface area contributed by atoms with E-state index in [0.717, 1.165) is 25.2 Å². The van der Waals surface area contributed by atoms with Crippen LogP contribution >= 0.6 is 0 Å². The van der Waals surface area contributed by atoms with E-state index in [1.54, 1.807) is 0 Å². The number of nitrogens with zero attached hydrogens (tertiary/aromatic N) is 1. The standard InChI is InChI=1S/C16H22N2O/c1-11-9-18(2)10-15(11)16(19)17-14-7-6-12-4-3-5-13(12)8-14/h6-8,11,15H,3-5,9-10H2,1-2H3,(H,17,19). The minimum Gasteiger partial charge on any atom is -0.326 e. The Bertz CT molecular complexity index is 498. The number of rotatable bonds is 2. The molecule has 0 aromatic heterocycles. The summed E-state index contributed by atoms with van der Waals surface area (Å²) >= 11 is 0. The average Bonchev–Trinajstić information content (AvgIpc) is 2.94. The Hall–Kier alpha value is -1.35. The molecule has 0 saturated carbocycles. The number of nitrogens with one attached hydrogen (secondary N) is 1. The molecule has 1 aromatic carbocycles. The van der Waals surface area contributed by atoms with Gasteiger partial charge in [-0.25, -0.2) is 0 Å². The van der Waals surface area contributed by atoms with Crippen LogP contribution in [0.15, 0.2) is 18.2 Å². The number of hydrogen-bond acceptors (Lipinski definition) is 2. The zero-order chi connectivity index (χ0) is 13.4. The summed E-state index contributed by atoms with van der Waals surface area (Å²) < 4.78 is 0. The van der Waals surface area contributed by atoms with Crippen LogP contribution in [0.3, 0.4) is 0 Å². The molecular formula is C16H22N2O. The van der Waals surface area contributed by atoms with Crippen LogP contribution < -0.4 is 5.32 Å². The van der Waals surface area contributed by atoms with Gasteiger partial charge in [0.15, 0.2) is 0 Å². The van der Waals surface area contributed by atoms with Crippen LogP contribution in [0.2, 0.25) is 0 Å². The number of aryl methyl sites for hydroxylation is 2. The van der Waals surface area contributed by atoms with E-state index in [2.05, 4.69) is 36.3 Å². The maximum atomic E-state index is 12.3. The van der Waals surface area contributed by atoms with Crippen molar-refractivity contribution >= 4 is 11.6 Å². The minimum absolute atomic E-state index is 0.123. The maximum absolute atomic E-state index is 12.3. The van der Waals surface area contributed by atoms with Crippen molar-refractivity contribution in [3.8, 4) is 0 Å². The number of anilines is 1. The second-order valence-corrected chi connectivity index (χ2v) is 6.13. The van der Waals surface area contributed by atoms with Gasteiger partial charge in [0, 0.05) is 18.8 Å². The first-order valence-corrected chi connectivity index (χ1v) is 7.24. The van der Waals surface area contributed by atoms with E-state index in [-0.39, 0.29) is 11.8 Å². The summed E-state index contributed by atoms with van der Waals surface area (Å²) in [5, 5.41) is 3.10. The molecule has 2 aliphatic rings. The monoisotopic (exact) mass is 258 g/mol. The van der Waals surface area contributed by atoms with Crippen LogP contribution in [-0.2, 0) is 17.6 Å². The predicted molar refractivity (Wildman–Crippen MR) is 77.2 cm³/mol. The largest absolute Gasteiger partial charge is 0.326 e. The first-order valence-electron chi connectivity index (χ1n) is 7.24. The van der Waals surface area contributed by atoms with Gasteiger partial charge in [-0.2, -0.15) is 0 Å². The number of benzene rings is 1. The molecule has 2 unspecified atom stereocenters. The van der Waals surface area contributed by atoms with Crippen LogP contribution in [0.1, 0.15) is 24.5 Å². The SMILES string of the molecule is CC1CN(C)CC1C(=O)Nc1ccc2c(c1)CCC2. The van der Waals surface area contributed by atoms with Crippen LogP contribution in [0.25, 0.3) is 0 Å². The number of fused-ring (bicyclic) bond motifs is 1. The Morgan fingerprint density at radius 3 is 2.79 bits per heavy atom. The summed E-state index contributed by atoms with van der Waals surface area (Å²) in [4.78, 5) is 14.6. The molecule has 1 aliphatic heterocycles. The molecular weight excluding hydrogens is 236 g/mol. The van der Waals surface area contributed by atoms with Gasteiger partial charge in [-0.3, -0.25) is 4.79 Å². The number of carbonyl (C=O) groups is 1. The molecule has 1 aromatic rings. The fourth-order valence-electron chi connectivity index (χ4n) is 3.43. The molecule has 1 saturated heterocycles. The third-order valence-electron chi connectivity index (χ3n) is 4.50. The van der Waals surface area contributed by atoms with Gasteiger partial charge in [-0.05, 0) is 55.5 Å². The predicted octanol–water partition coefficient (Wildman–Crippen LogP) is 2.31.